The molecule has 0 radical (unpaired) electrons. The van der Waals surface area contributed by atoms with Crippen LogP contribution in [0.1, 0.15) is 32.7 Å². The van der Waals surface area contributed by atoms with Gasteiger partial charge in [0.15, 0.2) is 11.6 Å². The maximum atomic E-state index is 12.6. The van der Waals surface area contributed by atoms with Gasteiger partial charge in [-0.15, -0.1) is 0 Å². The third-order valence-electron chi connectivity index (χ3n) is 4.03. The first kappa shape index (κ1) is 17.8. The number of ketones is 2. The van der Waals surface area contributed by atoms with Gasteiger partial charge in [0.05, 0.1) is 0 Å². The van der Waals surface area contributed by atoms with Gasteiger partial charge < -0.3 is 0 Å². The predicted octanol–water partition coefficient (Wildman–Crippen LogP) is 5.88. The molecule has 128 valence electrons. The molecule has 0 unspecified atom stereocenters. The van der Waals surface area contributed by atoms with Crippen LogP contribution in [-0.4, -0.2) is 11.6 Å². The van der Waals surface area contributed by atoms with Gasteiger partial charge in [-0.25, -0.2) is 0 Å². The van der Waals surface area contributed by atoms with Gasteiger partial charge in [0, 0.05) is 22.6 Å². The van der Waals surface area contributed by atoms with Crippen molar-refractivity contribution in [1.29, 1.82) is 0 Å². The summed E-state index contributed by atoms with van der Waals surface area (Å²) in [5, 5.41) is 0.577. The maximum Gasteiger partial charge on any atom is 0.186 e. The molecule has 26 heavy (non-hydrogen) atoms. The minimum Gasteiger partial charge on any atom is -0.294 e. The third kappa shape index (κ3) is 4.56. The van der Waals surface area contributed by atoms with Gasteiger partial charge in [-0.2, -0.15) is 0 Å². The molecular formula is C23H17ClO2. The van der Waals surface area contributed by atoms with Gasteiger partial charge in [-0.3, -0.25) is 9.59 Å². The average Bonchev–Trinajstić information content (AvgIpc) is 2.69. The third-order valence-corrected chi connectivity index (χ3v) is 4.28. The van der Waals surface area contributed by atoms with Crippen molar-refractivity contribution in [2.75, 3.05) is 0 Å². The van der Waals surface area contributed by atoms with Crippen LogP contribution >= 0.6 is 11.6 Å². The van der Waals surface area contributed by atoms with E-state index in [-0.39, 0.29) is 18.0 Å². The molecule has 0 spiro atoms. The molecule has 0 aliphatic rings. The average molecular weight is 361 g/mol. The monoisotopic (exact) mass is 360 g/mol. The van der Waals surface area contributed by atoms with Gasteiger partial charge in [0.1, 0.15) is 0 Å². The molecule has 3 heteroatoms. The summed E-state index contributed by atoms with van der Waals surface area (Å²) in [6, 6.07) is 25.3. The highest BCUT2D eigenvalue weighted by Crippen LogP contribution is 2.22. The summed E-state index contributed by atoms with van der Waals surface area (Å²) in [6.45, 7) is 0. The van der Waals surface area contributed by atoms with Gasteiger partial charge in [-0.05, 0) is 41.5 Å². The summed E-state index contributed by atoms with van der Waals surface area (Å²) in [5.41, 5.74) is 2.72. The first-order valence-corrected chi connectivity index (χ1v) is 8.65. The molecule has 3 aromatic rings. The number of halogens is 1. The highest BCUT2D eigenvalue weighted by Gasteiger charge is 2.13. The second-order valence-electron chi connectivity index (χ2n) is 5.87. The molecule has 0 aliphatic heterocycles. The van der Waals surface area contributed by atoms with Crippen molar-refractivity contribution in [2.45, 2.75) is 6.42 Å². The topological polar surface area (TPSA) is 34.1 Å². The molecular weight excluding hydrogens is 344 g/mol. The first-order valence-electron chi connectivity index (χ1n) is 8.27. The lowest BCUT2D eigenvalue weighted by Gasteiger charge is -2.08. The van der Waals surface area contributed by atoms with Crippen molar-refractivity contribution in [1.82, 2.24) is 0 Å². The molecule has 0 aromatic heterocycles. The summed E-state index contributed by atoms with van der Waals surface area (Å²) in [5.74, 6) is -0.175. The van der Waals surface area contributed by atoms with Crippen molar-refractivity contribution in [3.05, 3.63) is 113 Å². The van der Waals surface area contributed by atoms with Crippen LogP contribution in [0.15, 0.2) is 91.0 Å². The van der Waals surface area contributed by atoms with Crippen LogP contribution in [0.25, 0.3) is 5.57 Å². The van der Waals surface area contributed by atoms with E-state index in [4.69, 9.17) is 11.6 Å². The fourth-order valence-corrected chi connectivity index (χ4v) is 2.77. The van der Waals surface area contributed by atoms with Crippen LogP contribution < -0.4 is 0 Å². The largest absolute Gasteiger partial charge is 0.294 e. The van der Waals surface area contributed by atoms with Gasteiger partial charge in [0.25, 0.3) is 0 Å². The quantitative estimate of drug-likeness (QED) is 0.406. The lowest BCUT2D eigenvalue weighted by Crippen LogP contribution is -2.03. The summed E-state index contributed by atoms with van der Waals surface area (Å²) in [6.07, 6.45) is 1.70. The number of rotatable bonds is 6. The Balaban J connectivity index is 1.92. The van der Waals surface area contributed by atoms with Crippen LogP contribution in [0.4, 0.5) is 0 Å². The predicted molar refractivity (Wildman–Crippen MR) is 106 cm³/mol. The summed E-state index contributed by atoms with van der Waals surface area (Å²) < 4.78 is 0. The number of benzene rings is 3. The van der Waals surface area contributed by atoms with Gasteiger partial charge in [0.2, 0.25) is 0 Å². The number of Topliss-reactive ketones (excluding diaryl/α,β-unsaturated/α-hetero) is 1. The van der Waals surface area contributed by atoms with E-state index in [1.165, 1.54) is 0 Å². The van der Waals surface area contributed by atoms with E-state index in [0.29, 0.717) is 21.7 Å². The summed E-state index contributed by atoms with van der Waals surface area (Å²) >= 11 is 5.88. The maximum absolute atomic E-state index is 12.6. The number of hydrogen-bond donors (Lipinski definition) is 0. The lowest BCUT2D eigenvalue weighted by atomic mass is 9.95. The first-order chi connectivity index (χ1) is 12.6. The van der Waals surface area contributed by atoms with Gasteiger partial charge in [-0.1, -0.05) is 72.3 Å². The molecule has 2 nitrogen and oxygen atoms in total. The zero-order valence-corrected chi connectivity index (χ0v) is 14.8. The molecule has 0 saturated carbocycles. The van der Waals surface area contributed by atoms with Crippen LogP contribution in [0.5, 0.6) is 0 Å². The number of carbonyl (C=O) groups is 2. The zero-order valence-electron chi connectivity index (χ0n) is 14.1. The van der Waals surface area contributed by atoms with Crippen molar-refractivity contribution in [3.63, 3.8) is 0 Å². The standard InChI is InChI=1S/C23H17ClO2/c24-21-13-11-19(12-14-21)23(26)16-20(17-7-3-1-4-8-17)15-22(25)18-9-5-2-6-10-18/h1-14,16H,15H2. The molecule has 0 amide bonds. The second kappa shape index (κ2) is 8.41. The van der Waals surface area contributed by atoms with Crippen LogP contribution in [-0.2, 0) is 0 Å². The Hall–Kier alpha value is -2.97. The van der Waals surface area contributed by atoms with Crippen molar-refractivity contribution >= 4 is 28.7 Å². The van der Waals surface area contributed by atoms with Crippen LogP contribution in [0.3, 0.4) is 0 Å². The summed E-state index contributed by atoms with van der Waals surface area (Å²) in [7, 11) is 0. The molecule has 0 N–H and O–H groups in total. The fourth-order valence-electron chi connectivity index (χ4n) is 2.64. The molecule has 0 atom stereocenters. The molecule has 0 fully saturated rings. The van der Waals surface area contributed by atoms with Crippen LogP contribution in [0, 0.1) is 0 Å². The zero-order chi connectivity index (χ0) is 18.4. The summed E-state index contributed by atoms with van der Waals surface area (Å²) in [4.78, 5) is 25.2. The van der Waals surface area contributed by atoms with E-state index in [1.54, 1.807) is 42.5 Å². The van der Waals surface area contributed by atoms with Crippen molar-refractivity contribution < 1.29 is 9.59 Å². The van der Waals surface area contributed by atoms with Crippen LogP contribution in [0.2, 0.25) is 5.02 Å². The molecule has 0 aliphatic carbocycles. The molecule has 0 bridgehead atoms. The van der Waals surface area contributed by atoms with E-state index in [2.05, 4.69) is 0 Å². The van der Waals surface area contributed by atoms with E-state index >= 15 is 0 Å². The van der Waals surface area contributed by atoms with E-state index < -0.39 is 0 Å². The molecule has 3 aromatic carbocycles. The van der Waals surface area contributed by atoms with E-state index in [1.807, 2.05) is 48.5 Å². The Labute approximate surface area is 157 Å². The highest BCUT2D eigenvalue weighted by atomic mass is 35.5. The van der Waals surface area contributed by atoms with Crippen molar-refractivity contribution in [3.8, 4) is 0 Å². The SMILES string of the molecule is O=C(C=C(CC(=O)c1ccccc1)c1ccccc1)c1ccc(Cl)cc1. The number of allylic oxidation sites excluding steroid dienone is 2. The highest BCUT2D eigenvalue weighted by molar-refractivity contribution is 6.30. The second-order valence-corrected chi connectivity index (χ2v) is 6.31. The normalized spacial score (nSPS) is 11.2. The molecule has 0 heterocycles. The van der Waals surface area contributed by atoms with Gasteiger partial charge >= 0.3 is 0 Å². The Kier molecular flexibility index (Phi) is 5.77. The fraction of sp³-hybridized carbons (Fsp3) is 0.0435. The number of carbonyl (C=O) groups excluding carboxylic acids is 2. The molecule has 3 rings (SSSR count). The Morgan fingerprint density at radius 3 is 1.81 bits per heavy atom. The number of hydrogen-bond acceptors (Lipinski definition) is 2. The minimum atomic E-state index is -0.151. The Morgan fingerprint density at radius 1 is 0.692 bits per heavy atom. The minimum absolute atomic E-state index is 0.0235. The molecule has 0 saturated heterocycles. The van der Waals surface area contributed by atoms with E-state index in [9.17, 15) is 9.59 Å². The Morgan fingerprint density at radius 2 is 1.23 bits per heavy atom. The van der Waals surface area contributed by atoms with E-state index in [0.717, 1.165) is 5.56 Å². The lowest BCUT2D eigenvalue weighted by molar-refractivity contribution is 0.0998. The Bertz CT molecular complexity index is 927. The smallest absolute Gasteiger partial charge is 0.186 e. The van der Waals surface area contributed by atoms with Crippen molar-refractivity contribution in [2.24, 2.45) is 0 Å².